The van der Waals surface area contributed by atoms with E-state index in [1.54, 1.807) is 7.11 Å². The smallest absolute Gasteiger partial charge is 0.247 e. The number of benzene rings is 2. The van der Waals surface area contributed by atoms with E-state index in [0.717, 1.165) is 43.1 Å². The van der Waals surface area contributed by atoms with Crippen molar-refractivity contribution in [3.8, 4) is 0 Å². The molecule has 4 N–H and O–H groups in total. The summed E-state index contributed by atoms with van der Waals surface area (Å²) in [6.45, 7) is 0.547. The third-order valence-electron chi connectivity index (χ3n) is 10.4. The number of hydrogen-bond donors (Lipinski definition) is 3. The van der Waals surface area contributed by atoms with E-state index < -0.39 is 23.8 Å². The Hall–Kier alpha value is -2.78. The van der Waals surface area contributed by atoms with Gasteiger partial charge in [0.1, 0.15) is 12.1 Å². The van der Waals surface area contributed by atoms with Gasteiger partial charge < -0.3 is 21.1 Å². The Balaban J connectivity index is 0.992. The highest BCUT2D eigenvalue weighted by Gasteiger charge is 2.60. The van der Waals surface area contributed by atoms with Crippen LogP contribution < -0.4 is 16.4 Å². The van der Waals surface area contributed by atoms with Gasteiger partial charge in [0.15, 0.2) is 0 Å². The van der Waals surface area contributed by atoms with E-state index in [1.165, 1.54) is 32.1 Å². The number of nitrogens with two attached hydrogens (primary N) is 1. The molecule has 7 rings (SSSR count). The maximum atomic E-state index is 13.4. The molecule has 42 heavy (non-hydrogen) atoms. The maximum absolute atomic E-state index is 13.4. The molecule has 2 aromatic carbocycles. The molecule has 2 aromatic rings. The Morgan fingerprint density at radius 3 is 1.98 bits per heavy atom. The van der Waals surface area contributed by atoms with E-state index in [0.29, 0.717) is 29.9 Å². The van der Waals surface area contributed by atoms with Gasteiger partial charge in [-0.05, 0) is 86.7 Å². The molecule has 0 spiro atoms. The molecule has 4 bridgehead atoms. The summed E-state index contributed by atoms with van der Waals surface area (Å²) in [5.41, 5.74) is 7.64. The molecule has 0 aromatic heterocycles. The lowest BCUT2D eigenvalue weighted by Crippen LogP contribution is -2.60. The molecule has 5 saturated carbocycles. The first-order valence-electron chi connectivity index (χ1n) is 15.8. The molecule has 0 heterocycles. The van der Waals surface area contributed by atoms with Crippen molar-refractivity contribution < 1.29 is 24.1 Å². The van der Waals surface area contributed by atoms with Crippen LogP contribution in [-0.2, 0) is 24.1 Å². The lowest BCUT2D eigenvalue weighted by molar-refractivity contribution is -0.485. The van der Waals surface area contributed by atoms with Crippen molar-refractivity contribution in [3.63, 3.8) is 0 Å². The first-order valence-corrected chi connectivity index (χ1v) is 15.8. The van der Waals surface area contributed by atoms with Gasteiger partial charge in [-0.15, -0.1) is 0 Å². The summed E-state index contributed by atoms with van der Waals surface area (Å²) < 4.78 is 6.09. The van der Waals surface area contributed by atoms with Gasteiger partial charge in [-0.2, -0.15) is 0 Å². The molecule has 2 amide bonds. The van der Waals surface area contributed by atoms with Crippen molar-refractivity contribution >= 4 is 11.8 Å². The molecule has 5 aliphatic carbocycles. The first-order chi connectivity index (χ1) is 20.4. The van der Waals surface area contributed by atoms with Crippen LogP contribution in [0.4, 0.5) is 0 Å². The van der Waals surface area contributed by atoms with Crippen LogP contribution in [0.2, 0.25) is 0 Å². The van der Waals surface area contributed by atoms with Crippen LogP contribution in [0.1, 0.15) is 81.0 Å². The second kappa shape index (κ2) is 12.8. The van der Waals surface area contributed by atoms with E-state index in [2.05, 4.69) is 10.6 Å². The Kier molecular flexibility index (Phi) is 8.96. The fraction of sp³-hybridized carbons (Fsp3) is 0.588. The number of nitrogens with one attached hydrogen (secondary N) is 2. The highest BCUT2D eigenvalue weighted by atomic mass is 17.2. The largest absolute Gasteiger partial charge is 0.354 e. The minimum absolute atomic E-state index is 0.0389. The van der Waals surface area contributed by atoms with Gasteiger partial charge in [0, 0.05) is 25.5 Å². The number of carbonyl (C=O) groups is 2. The molecule has 5 aliphatic rings. The second-order valence-electron chi connectivity index (χ2n) is 13.0. The van der Waals surface area contributed by atoms with Crippen LogP contribution in [0.5, 0.6) is 0 Å². The molecule has 226 valence electrons. The number of amides is 2. The third-order valence-corrected chi connectivity index (χ3v) is 10.4. The van der Waals surface area contributed by atoms with Crippen LogP contribution in [0.3, 0.4) is 0 Å². The predicted molar refractivity (Wildman–Crippen MR) is 158 cm³/mol. The van der Waals surface area contributed by atoms with Crippen LogP contribution >= 0.6 is 0 Å². The average Bonchev–Trinajstić information content (AvgIpc) is 3.03. The SMILES string of the molecule is COC1(OO[C@H]2CC[C@@H](CNC(=O)[C@@H](NC(=O)[C@@H](N)c3ccccc3)c3ccccc3)CC2)C2CC3CC(C2)CC1C3. The predicted octanol–water partition coefficient (Wildman–Crippen LogP) is 4.97. The number of ether oxygens (including phenoxy) is 1. The quantitative estimate of drug-likeness (QED) is 0.198. The van der Waals surface area contributed by atoms with Crippen molar-refractivity contribution in [1.82, 2.24) is 10.6 Å². The molecule has 5 fully saturated rings. The second-order valence-corrected chi connectivity index (χ2v) is 13.0. The number of hydrogen-bond acceptors (Lipinski definition) is 6. The first kappa shape index (κ1) is 29.3. The molecule has 8 heteroatoms. The number of rotatable bonds is 11. The normalized spacial score (nSPS) is 33.1. The lowest BCUT2D eigenvalue weighted by atomic mass is 9.53. The van der Waals surface area contributed by atoms with E-state index in [9.17, 15) is 9.59 Å². The molecule has 0 radical (unpaired) electrons. The fourth-order valence-corrected chi connectivity index (χ4v) is 8.26. The van der Waals surface area contributed by atoms with Crippen molar-refractivity contribution in [1.29, 1.82) is 0 Å². The van der Waals surface area contributed by atoms with Crippen LogP contribution in [0, 0.1) is 29.6 Å². The minimum Gasteiger partial charge on any atom is -0.354 e. The topological polar surface area (TPSA) is 112 Å². The van der Waals surface area contributed by atoms with Crippen molar-refractivity contribution in [2.75, 3.05) is 13.7 Å². The maximum Gasteiger partial charge on any atom is 0.247 e. The van der Waals surface area contributed by atoms with Crippen molar-refractivity contribution in [2.24, 2.45) is 35.3 Å². The summed E-state index contributed by atoms with van der Waals surface area (Å²) in [7, 11) is 1.78. The zero-order valence-corrected chi connectivity index (χ0v) is 24.6. The molecule has 0 saturated heterocycles. The summed E-state index contributed by atoms with van der Waals surface area (Å²) in [5, 5.41) is 5.98. The third kappa shape index (κ3) is 6.13. The Bertz CT molecular complexity index is 1170. The highest BCUT2D eigenvalue weighted by molar-refractivity contribution is 5.91. The van der Waals surface area contributed by atoms with Crippen molar-refractivity contribution in [3.05, 3.63) is 71.8 Å². The fourth-order valence-electron chi connectivity index (χ4n) is 8.26. The summed E-state index contributed by atoms with van der Waals surface area (Å²) in [6.07, 6.45) is 9.83. The van der Waals surface area contributed by atoms with E-state index >= 15 is 0 Å². The standard InChI is InChI=1S/C34H45N3O5/c1-40-34(27-17-23-16-24(19-27)20-28(34)18-23)42-41-29-14-12-22(13-15-29)21-36-33(39)31(26-10-6-3-7-11-26)37-32(38)30(35)25-8-4-2-5-9-25/h2-11,22-24,27-31H,12-21,35H2,1H3,(H,36,39)(H,37,38)/t22-,23?,24?,27?,28?,29+,30-,31-,34?/m0/s1. The van der Waals surface area contributed by atoms with Crippen LogP contribution in [-0.4, -0.2) is 37.4 Å². The van der Waals surface area contributed by atoms with E-state index in [-0.39, 0.29) is 12.0 Å². The lowest BCUT2D eigenvalue weighted by Gasteiger charge is -2.58. The Morgan fingerprint density at radius 2 is 1.40 bits per heavy atom. The Morgan fingerprint density at radius 1 is 0.833 bits per heavy atom. The van der Waals surface area contributed by atoms with Gasteiger partial charge >= 0.3 is 0 Å². The zero-order chi connectivity index (χ0) is 29.1. The molecule has 0 unspecified atom stereocenters. The van der Waals surface area contributed by atoms with Gasteiger partial charge in [-0.3, -0.25) is 9.59 Å². The summed E-state index contributed by atoms with van der Waals surface area (Å²) in [4.78, 5) is 38.8. The monoisotopic (exact) mass is 575 g/mol. The minimum atomic E-state index is -0.862. The molecule has 8 nitrogen and oxygen atoms in total. The van der Waals surface area contributed by atoms with Gasteiger partial charge in [-0.25, -0.2) is 9.78 Å². The number of carbonyl (C=O) groups excluding carboxylic acids is 2. The zero-order valence-electron chi connectivity index (χ0n) is 24.6. The summed E-state index contributed by atoms with van der Waals surface area (Å²) >= 11 is 0. The summed E-state index contributed by atoms with van der Waals surface area (Å²) in [5.74, 6) is 1.66. The average molecular weight is 576 g/mol. The van der Waals surface area contributed by atoms with Gasteiger partial charge in [-0.1, -0.05) is 60.7 Å². The molecular weight excluding hydrogens is 530 g/mol. The molecule has 2 atom stereocenters. The summed E-state index contributed by atoms with van der Waals surface area (Å²) in [6, 6.07) is 16.8. The van der Waals surface area contributed by atoms with E-state index in [1.807, 2.05) is 60.7 Å². The Labute approximate surface area is 249 Å². The van der Waals surface area contributed by atoms with E-state index in [4.69, 9.17) is 20.2 Å². The number of methoxy groups -OCH3 is 1. The van der Waals surface area contributed by atoms with Gasteiger partial charge in [0.2, 0.25) is 17.6 Å². The molecular formula is C34H45N3O5. The van der Waals surface area contributed by atoms with Crippen molar-refractivity contribution in [2.45, 2.75) is 81.8 Å². The molecule has 0 aliphatic heterocycles. The van der Waals surface area contributed by atoms with Gasteiger partial charge in [0.05, 0.1) is 6.10 Å². The highest BCUT2D eigenvalue weighted by Crippen LogP contribution is 2.60. The van der Waals surface area contributed by atoms with Crippen LogP contribution in [0.25, 0.3) is 0 Å². The van der Waals surface area contributed by atoms with Gasteiger partial charge in [0.25, 0.3) is 0 Å². The van der Waals surface area contributed by atoms with Crippen LogP contribution in [0.15, 0.2) is 60.7 Å².